The van der Waals surface area contributed by atoms with E-state index in [2.05, 4.69) is 21.2 Å². The predicted octanol–water partition coefficient (Wildman–Crippen LogP) is 5.52. The van der Waals surface area contributed by atoms with Gasteiger partial charge in [-0.05, 0) is 73.2 Å². The number of halogens is 2. The van der Waals surface area contributed by atoms with E-state index in [1.807, 2.05) is 24.3 Å². The molecule has 1 saturated heterocycles. The molecule has 0 bridgehead atoms. The fraction of sp³-hybridized carbons (Fsp3) is 0.111. The molecule has 3 aromatic rings. The van der Waals surface area contributed by atoms with Gasteiger partial charge in [-0.15, -0.1) is 0 Å². The number of esters is 1. The third kappa shape index (κ3) is 6.07. The van der Waals surface area contributed by atoms with Crippen molar-refractivity contribution in [2.45, 2.75) is 13.5 Å². The normalized spacial score (nSPS) is 14.5. The molecule has 0 unspecified atom stereocenters. The zero-order valence-electron chi connectivity index (χ0n) is 19.5. The molecule has 1 heterocycles. The number of barbiturate groups is 1. The average Bonchev–Trinajstić information content (AvgIpc) is 2.87. The zero-order chi connectivity index (χ0) is 26.5. The van der Waals surface area contributed by atoms with Gasteiger partial charge in [-0.1, -0.05) is 39.7 Å². The monoisotopic (exact) mass is 582 g/mol. The second kappa shape index (κ2) is 11.4. The molecule has 0 radical (unpaired) electrons. The van der Waals surface area contributed by atoms with Crippen molar-refractivity contribution < 1.29 is 28.7 Å². The highest BCUT2D eigenvalue weighted by molar-refractivity contribution is 9.10. The van der Waals surface area contributed by atoms with Crippen molar-refractivity contribution in [1.29, 1.82) is 0 Å². The summed E-state index contributed by atoms with van der Waals surface area (Å²) in [7, 11) is 0. The van der Waals surface area contributed by atoms with Crippen molar-refractivity contribution in [2.24, 2.45) is 0 Å². The standard InChI is InChI=1S/C27H20BrClN2O6/c1-2-36-26(34)17-5-10-21(11-6-17)31-25(33)22(24(32)30-27(31)35)14-18-13-20(29)9-12-23(18)37-15-16-3-7-19(28)8-4-16/h3-14H,2,15H2,1H3,(H,30,32,35)/b22-14+. The van der Waals surface area contributed by atoms with Gasteiger partial charge in [0.25, 0.3) is 11.8 Å². The molecule has 188 valence electrons. The highest BCUT2D eigenvalue weighted by Crippen LogP contribution is 2.29. The number of nitrogens with zero attached hydrogens (tertiary/aromatic N) is 1. The van der Waals surface area contributed by atoms with Crippen LogP contribution in [0.4, 0.5) is 10.5 Å². The summed E-state index contributed by atoms with van der Waals surface area (Å²) in [5, 5.41) is 2.54. The Hall–Kier alpha value is -3.95. The molecule has 1 fully saturated rings. The lowest BCUT2D eigenvalue weighted by molar-refractivity contribution is -0.122. The van der Waals surface area contributed by atoms with Crippen LogP contribution in [-0.2, 0) is 20.9 Å². The van der Waals surface area contributed by atoms with Gasteiger partial charge in [-0.3, -0.25) is 14.9 Å². The fourth-order valence-corrected chi connectivity index (χ4v) is 3.96. The molecule has 8 nitrogen and oxygen atoms in total. The summed E-state index contributed by atoms with van der Waals surface area (Å²) in [5.74, 6) is -1.83. The van der Waals surface area contributed by atoms with E-state index < -0.39 is 23.8 Å². The Balaban J connectivity index is 1.62. The summed E-state index contributed by atoms with van der Waals surface area (Å²) in [5.41, 5.74) is 1.44. The molecule has 10 heteroatoms. The second-order valence-electron chi connectivity index (χ2n) is 7.82. The van der Waals surface area contributed by atoms with Crippen molar-refractivity contribution in [3.05, 3.63) is 98.5 Å². The van der Waals surface area contributed by atoms with E-state index in [4.69, 9.17) is 21.1 Å². The molecular formula is C27H20BrClN2O6. The van der Waals surface area contributed by atoms with E-state index in [0.29, 0.717) is 16.3 Å². The van der Waals surface area contributed by atoms with E-state index in [1.165, 1.54) is 30.3 Å². The number of rotatable bonds is 7. The van der Waals surface area contributed by atoms with Crippen LogP contribution in [0.2, 0.25) is 5.02 Å². The van der Waals surface area contributed by atoms with Gasteiger partial charge in [-0.2, -0.15) is 0 Å². The van der Waals surface area contributed by atoms with Gasteiger partial charge >= 0.3 is 12.0 Å². The smallest absolute Gasteiger partial charge is 0.338 e. The van der Waals surface area contributed by atoms with Crippen LogP contribution in [0, 0.1) is 0 Å². The van der Waals surface area contributed by atoms with Gasteiger partial charge in [0.2, 0.25) is 0 Å². The first-order valence-electron chi connectivity index (χ1n) is 11.1. The summed E-state index contributed by atoms with van der Waals surface area (Å²) in [4.78, 5) is 51.2. The fourth-order valence-electron chi connectivity index (χ4n) is 3.51. The average molecular weight is 584 g/mol. The molecule has 0 aromatic heterocycles. The second-order valence-corrected chi connectivity index (χ2v) is 9.17. The van der Waals surface area contributed by atoms with E-state index >= 15 is 0 Å². The number of amides is 4. The first kappa shape index (κ1) is 26.1. The quantitative estimate of drug-likeness (QED) is 0.223. The van der Waals surface area contributed by atoms with E-state index in [0.717, 1.165) is 14.9 Å². The molecule has 0 atom stereocenters. The summed E-state index contributed by atoms with van der Waals surface area (Å²) < 4.78 is 11.8. The van der Waals surface area contributed by atoms with Crippen molar-refractivity contribution in [2.75, 3.05) is 11.5 Å². The molecule has 1 aliphatic heterocycles. The summed E-state index contributed by atoms with van der Waals surface area (Å²) in [6, 6.07) is 17.2. The van der Waals surface area contributed by atoms with Gasteiger partial charge in [0.15, 0.2) is 0 Å². The van der Waals surface area contributed by atoms with Crippen LogP contribution in [0.3, 0.4) is 0 Å². The number of hydrogen-bond donors (Lipinski definition) is 1. The first-order valence-corrected chi connectivity index (χ1v) is 12.3. The molecule has 37 heavy (non-hydrogen) atoms. The number of imide groups is 2. The largest absolute Gasteiger partial charge is 0.488 e. The van der Waals surface area contributed by atoms with Crippen molar-refractivity contribution in [3.8, 4) is 5.75 Å². The van der Waals surface area contributed by atoms with Gasteiger partial charge in [-0.25, -0.2) is 14.5 Å². The maximum absolute atomic E-state index is 13.3. The molecule has 1 aliphatic rings. The summed E-state index contributed by atoms with van der Waals surface area (Å²) in [6.07, 6.45) is 1.33. The number of hydrogen-bond acceptors (Lipinski definition) is 6. The highest BCUT2D eigenvalue weighted by Gasteiger charge is 2.37. The van der Waals surface area contributed by atoms with Crippen LogP contribution in [0.25, 0.3) is 6.08 Å². The molecule has 3 aromatic carbocycles. The van der Waals surface area contributed by atoms with Crippen molar-refractivity contribution >= 4 is 63.1 Å². The van der Waals surface area contributed by atoms with Crippen LogP contribution in [0.1, 0.15) is 28.4 Å². The number of carbonyl (C=O) groups excluding carboxylic acids is 4. The Kier molecular flexibility index (Phi) is 8.05. The maximum Gasteiger partial charge on any atom is 0.338 e. The number of carbonyl (C=O) groups is 4. The number of benzene rings is 3. The third-order valence-electron chi connectivity index (χ3n) is 5.32. The minimum atomic E-state index is -0.908. The van der Waals surface area contributed by atoms with Crippen LogP contribution in [-0.4, -0.2) is 30.4 Å². The minimum absolute atomic E-state index is 0.173. The lowest BCUT2D eigenvalue weighted by Crippen LogP contribution is -2.54. The third-order valence-corrected chi connectivity index (χ3v) is 6.08. The van der Waals surface area contributed by atoms with Gasteiger partial charge < -0.3 is 9.47 Å². The predicted molar refractivity (Wildman–Crippen MR) is 141 cm³/mol. The topological polar surface area (TPSA) is 102 Å². The number of anilines is 1. The zero-order valence-corrected chi connectivity index (χ0v) is 21.8. The van der Waals surface area contributed by atoms with Gasteiger partial charge in [0.1, 0.15) is 17.9 Å². The van der Waals surface area contributed by atoms with Crippen LogP contribution < -0.4 is 15.0 Å². The van der Waals surface area contributed by atoms with E-state index in [-0.39, 0.29) is 30.0 Å². The summed E-state index contributed by atoms with van der Waals surface area (Å²) in [6.45, 7) is 2.13. The molecule has 4 rings (SSSR count). The first-order chi connectivity index (χ1) is 17.8. The Labute approximate surface area is 225 Å². The Morgan fingerprint density at radius 1 is 1.03 bits per heavy atom. The SMILES string of the molecule is CCOC(=O)c1ccc(N2C(=O)NC(=O)/C(=C\c3cc(Cl)ccc3OCc3ccc(Br)cc3)C2=O)cc1. The van der Waals surface area contributed by atoms with Crippen LogP contribution >= 0.6 is 27.5 Å². The van der Waals surface area contributed by atoms with Crippen LogP contribution in [0.5, 0.6) is 5.75 Å². The van der Waals surface area contributed by atoms with Crippen LogP contribution in [0.15, 0.2) is 76.8 Å². The maximum atomic E-state index is 13.3. The van der Waals surface area contributed by atoms with Crippen molar-refractivity contribution in [3.63, 3.8) is 0 Å². The van der Waals surface area contributed by atoms with Crippen molar-refractivity contribution in [1.82, 2.24) is 5.32 Å². The molecule has 4 amide bonds. The number of nitrogens with one attached hydrogen (secondary N) is 1. The molecule has 0 spiro atoms. The molecule has 0 aliphatic carbocycles. The Bertz CT molecular complexity index is 1400. The summed E-state index contributed by atoms with van der Waals surface area (Å²) >= 11 is 9.56. The van der Waals surface area contributed by atoms with Gasteiger partial charge in [0.05, 0.1) is 17.9 Å². The Morgan fingerprint density at radius 3 is 2.41 bits per heavy atom. The lowest BCUT2D eigenvalue weighted by Gasteiger charge is -2.26. The molecule has 1 N–H and O–H groups in total. The highest BCUT2D eigenvalue weighted by atomic mass is 79.9. The van der Waals surface area contributed by atoms with E-state index in [1.54, 1.807) is 25.1 Å². The van der Waals surface area contributed by atoms with E-state index in [9.17, 15) is 19.2 Å². The number of ether oxygens (including phenoxy) is 2. The minimum Gasteiger partial charge on any atom is -0.488 e. The number of urea groups is 1. The Morgan fingerprint density at radius 2 is 1.73 bits per heavy atom. The van der Waals surface area contributed by atoms with Gasteiger partial charge in [0, 0.05) is 15.1 Å². The lowest BCUT2D eigenvalue weighted by atomic mass is 10.1. The molecule has 0 saturated carbocycles. The molecular weight excluding hydrogens is 564 g/mol.